The topological polar surface area (TPSA) is 58.4 Å². The molecular formula is C23H33N3O4. The number of aryl methyl sites for hydroxylation is 2. The van der Waals surface area contributed by atoms with Crippen LogP contribution in [0, 0.1) is 13.8 Å². The van der Waals surface area contributed by atoms with Crippen LogP contribution in [0.4, 0.5) is 0 Å². The van der Waals surface area contributed by atoms with Crippen LogP contribution in [-0.4, -0.2) is 74.6 Å². The lowest BCUT2D eigenvalue weighted by atomic mass is 10.1. The average Bonchev–Trinajstić information content (AvgIpc) is 3.14. The number of likely N-dealkylation sites (N-methyl/N-ethyl adjacent to an activating group) is 1. The summed E-state index contributed by atoms with van der Waals surface area (Å²) in [6, 6.07) is 7.94. The van der Waals surface area contributed by atoms with E-state index in [1.165, 1.54) is 11.1 Å². The Hall–Kier alpha value is -2.51. The van der Waals surface area contributed by atoms with Crippen molar-refractivity contribution in [3.8, 4) is 11.5 Å². The Morgan fingerprint density at radius 1 is 1.03 bits per heavy atom. The second-order valence-electron chi connectivity index (χ2n) is 7.95. The van der Waals surface area contributed by atoms with Gasteiger partial charge < -0.3 is 18.8 Å². The van der Waals surface area contributed by atoms with Gasteiger partial charge >= 0.3 is 0 Å². The number of benzene rings is 1. The number of methoxy groups -OCH3 is 2. The van der Waals surface area contributed by atoms with Crippen molar-refractivity contribution in [2.24, 2.45) is 0 Å². The fraction of sp³-hybridized carbons (Fsp3) is 0.522. The summed E-state index contributed by atoms with van der Waals surface area (Å²) in [4.78, 5) is 19.0. The zero-order chi connectivity index (χ0) is 21.7. The number of hydrogen-bond donors (Lipinski definition) is 0. The molecule has 0 aliphatic carbocycles. The highest BCUT2D eigenvalue weighted by molar-refractivity contribution is 5.77. The molecule has 1 fully saturated rings. The second-order valence-corrected chi connectivity index (χ2v) is 7.95. The van der Waals surface area contributed by atoms with E-state index in [4.69, 9.17) is 13.9 Å². The molecule has 1 aromatic heterocycles. The van der Waals surface area contributed by atoms with Crippen molar-refractivity contribution < 1.29 is 18.7 Å². The maximum atomic E-state index is 12.6. The number of carbonyl (C=O) groups is 1. The van der Waals surface area contributed by atoms with E-state index in [1.54, 1.807) is 19.1 Å². The van der Waals surface area contributed by atoms with Crippen molar-refractivity contribution in [3.05, 3.63) is 46.9 Å². The molecule has 0 unspecified atom stereocenters. The fourth-order valence-electron chi connectivity index (χ4n) is 3.74. The van der Waals surface area contributed by atoms with Crippen LogP contribution in [0.5, 0.6) is 11.5 Å². The summed E-state index contributed by atoms with van der Waals surface area (Å²) in [5.41, 5.74) is 2.44. The van der Waals surface area contributed by atoms with Gasteiger partial charge in [-0.1, -0.05) is 0 Å². The Morgan fingerprint density at radius 3 is 2.27 bits per heavy atom. The lowest BCUT2D eigenvalue weighted by molar-refractivity contribution is -0.132. The number of ether oxygens (including phenoxy) is 2. The summed E-state index contributed by atoms with van der Waals surface area (Å²) in [6.45, 7) is 9.45. The van der Waals surface area contributed by atoms with Gasteiger partial charge in [-0.05, 0) is 49.2 Å². The highest BCUT2D eigenvalue weighted by Gasteiger charge is 2.22. The SMILES string of the molecule is COc1cc(C)c(CN2CCN(CC(=O)N(C)Cc3ccc(C)o3)CC2)cc1OC. The lowest BCUT2D eigenvalue weighted by Crippen LogP contribution is -2.49. The molecule has 1 amide bonds. The molecular weight excluding hydrogens is 382 g/mol. The summed E-state index contributed by atoms with van der Waals surface area (Å²) in [7, 11) is 5.15. The van der Waals surface area contributed by atoms with Crippen LogP contribution in [-0.2, 0) is 17.9 Å². The van der Waals surface area contributed by atoms with Crippen LogP contribution in [0.25, 0.3) is 0 Å². The molecule has 2 heterocycles. The van der Waals surface area contributed by atoms with E-state index in [1.807, 2.05) is 32.2 Å². The average molecular weight is 416 g/mol. The first kappa shape index (κ1) is 22.2. The highest BCUT2D eigenvalue weighted by Crippen LogP contribution is 2.31. The van der Waals surface area contributed by atoms with Gasteiger partial charge in [0.05, 0.1) is 27.3 Å². The van der Waals surface area contributed by atoms with Crippen LogP contribution < -0.4 is 9.47 Å². The maximum Gasteiger partial charge on any atom is 0.236 e. The summed E-state index contributed by atoms with van der Waals surface area (Å²) >= 11 is 0. The molecule has 7 nitrogen and oxygen atoms in total. The molecule has 2 aromatic rings. The fourth-order valence-corrected chi connectivity index (χ4v) is 3.74. The van der Waals surface area contributed by atoms with Crippen molar-refractivity contribution in [1.29, 1.82) is 0 Å². The molecule has 30 heavy (non-hydrogen) atoms. The quantitative estimate of drug-likeness (QED) is 0.661. The number of rotatable bonds is 8. The summed E-state index contributed by atoms with van der Waals surface area (Å²) in [6.07, 6.45) is 0. The van der Waals surface area contributed by atoms with Gasteiger partial charge in [0.1, 0.15) is 11.5 Å². The number of hydrogen-bond acceptors (Lipinski definition) is 6. The van der Waals surface area contributed by atoms with E-state index < -0.39 is 0 Å². The molecule has 0 spiro atoms. The molecule has 164 valence electrons. The summed E-state index contributed by atoms with van der Waals surface area (Å²) in [5, 5.41) is 0. The van der Waals surface area contributed by atoms with Gasteiger partial charge in [-0.2, -0.15) is 0 Å². The third kappa shape index (κ3) is 5.55. The smallest absolute Gasteiger partial charge is 0.236 e. The number of carbonyl (C=O) groups excluding carboxylic acids is 1. The number of furan rings is 1. The van der Waals surface area contributed by atoms with Gasteiger partial charge in [0, 0.05) is 39.8 Å². The first-order valence-corrected chi connectivity index (χ1v) is 10.3. The minimum atomic E-state index is 0.119. The third-order valence-electron chi connectivity index (χ3n) is 5.67. The Balaban J connectivity index is 1.48. The second kappa shape index (κ2) is 10.00. The van der Waals surface area contributed by atoms with Crippen molar-refractivity contribution in [2.75, 3.05) is 54.0 Å². The summed E-state index contributed by atoms with van der Waals surface area (Å²) < 4.78 is 16.4. The Morgan fingerprint density at radius 2 is 1.67 bits per heavy atom. The predicted octanol–water partition coefficient (Wildman–Crippen LogP) is 2.69. The molecule has 0 saturated carbocycles. The van der Waals surface area contributed by atoms with Crippen LogP contribution in [0.3, 0.4) is 0 Å². The van der Waals surface area contributed by atoms with Crippen LogP contribution in [0.15, 0.2) is 28.7 Å². The van der Waals surface area contributed by atoms with Gasteiger partial charge in [-0.3, -0.25) is 14.6 Å². The maximum absolute atomic E-state index is 12.6. The zero-order valence-electron chi connectivity index (χ0n) is 18.7. The monoisotopic (exact) mass is 415 g/mol. The molecule has 1 aromatic carbocycles. The van der Waals surface area contributed by atoms with Crippen molar-refractivity contribution in [2.45, 2.75) is 26.9 Å². The van der Waals surface area contributed by atoms with Crippen LogP contribution >= 0.6 is 0 Å². The first-order chi connectivity index (χ1) is 14.4. The number of nitrogens with zero attached hydrogens (tertiary/aromatic N) is 3. The molecule has 0 N–H and O–H groups in total. The Bertz CT molecular complexity index is 856. The van der Waals surface area contributed by atoms with Crippen LogP contribution in [0.1, 0.15) is 22.6 Å². The third-order valence-corrected chi connectivity index (χ3v) is 5.67. The largest absolute Gasteiger partial charge is 0.493 e. The van der Waals surface area contributed by atoms with E-state index in [-0.39, 0.29) is 5.91 Å². The van der Waals surface area contributed by atoms with Gasteiger partial charge in [0.15, 0.2) is 11.5 Å². The Kier molecular flexibility index (Phi) is 7.39. The van der Waals surface area contributed by atoms with E-state index in [0.717, 1.165) is 55.7 Å². The summed E-state index contributed by atoms with van der Waals surface area (Å²) in [5.74, 6) is 3.33. The molecule has 0 bridgehead atoms. The van der Waals surface area contributed by atoms with E-state index in [9.17, 15) is 4.79 Å². The normalized spacial score (nSPS) is 15.2. The first-order valence-electron chi connectivity index (χ1n) is 10.3. The van der Waals surface area contributed by atoms with Crippen molar-refractivity contribution in [1.82, 2.24) is 14.7 Å². The zero-order valence-corrected chi connectivity index (χ0v) is 18.7. The van der Waals surface area contributed by atoms with Crippen molar-refractivity contribution in [3.63, 3.8) is 0 Å². The minimum absolute atomic E-state index is 0.119. The van der Waals surface area contributed by atoms with Crippen LogP contribution in [0.2, 0.25) is 0 Å². The predicted molar refractivity (Wildman–Crippen MR) is 116 cm³/mol. The van der Waals surface area contributed by atoms with Gasteiger partial charge in [-0.25, -0.2) is 0 Å². The van der Waals surface area contributed by atoms with Gasteiger partial charge in [-0.15, -0.1) is 0 Å². The molecule has 0 atom stereocenters. The Labute approximate surface area is 179 Å². The van der Waals surface area contributed by atoms with E-state index >= 15 is 0 Å². The number of amides is 1. The molecule has 7 heteroatoms. The van der Waals surface area contributed by atoms with E-state index in [2.05, 4.69) is 22.8 Å². The molecule has 0 radical (unpaired) electrons. The lowest BCUT2D eigenvalue weighted by Gasteiger charge is -2.35. The van der Waals surface area contributed by atoms with E-state index in [0.29, 0.717) is 13.1 Å². The molecule has 1 aliphatic heterocycles. The molecule has 1 aliphatic rings. The van der Waals surface area contributed by atoms with Gasteiger partial charge in [0.25, 0.3) is 0 Å². The minimum Gasteiger partial charge on any atom is -0.493 e. The number of piperazine rings is 1. The van der Waals surface area contributed by atoms with Crippen molar-refractivity contribution >= 4 is 5.91 Å². The molecule has 3 rings (SSSR count). The van der Waals surface area contributed by atoms with Gasteiger partial charge in [0.2, 0.25) is 5.91 Å². The molecule has 1 saturated heterocycles. The highest BCUT2D eigenvalue weighted by atomic mass is 16.5. The standard InChI is InChI=1S/C23H33N3O4/c1-17-12-21(28-4)22(29-5)13-19(17)14-25-8-10-26(11-9-25)16-23(27)24(3)15-20-7-6-18(2)30-20/h6-7,12-13H,8-11,14-16H2,1-5H3.